The molecular formula is C15H30N2O. The highest BCUT2D eigenvalue weighted by atomic mass is 16.1. The van der Waals surface area contributed by atoms with Crippen molar-refractivity contribution in [2.45, 2.75) is 52.0 Å². The van der Waals surface area contributed by atoms with Crippen LogP contribution in [0.5, 0.6) is 0 Å². The molecule has 0 aromatic rings. The van der Waals surface area contributed by atoms with Crippen LogP contribution in [0.2, 0.25) is 0 Å². The number of rotatable bonds is 7. The lowest BCUT2D eigenvalue weighted by Crippen LogP contribution is -2.38. The summed E-state index contributed by atoms with van der Waals surface area (Å²) >= 11 is 0. The van der Waals surface area contributed by atoms with Gasteiger partial charge >= 0.3 is 0 Å². The Morgan fingerprint density at radius 1 is 1.28 bits per heavy atom. The minimum absolute atomic E-state index is 0.208. The first-order chi connectivity index (χ1) is 8.56. The molecule has 1 aliphatic carbocycles. The van der Waals surface area contributed by atoms with Crippen LogP contribution in [0.25, 0.3) is 0 Å². The molecule has 1 aliphatic rings. The van der Waals surface area contributed by atoms with Crippen molar-refractivity contribution in [3.8, 4) is 0 Å². The summed E-state index contributed by atoms with van der Waals surface area (Å²) in [4.78, 5) is 14.4. The van der Waals surface area contributed by atoms with E-state index in [9.17, 15) is 4.79 Å². The zero-order valence-corrected chi connectivity index (χ0v) is 12.5. The van der Waals surface area contributed by atoms with Gasteiger partial charge in [-0.05, 0) is 59.3 Å². The van der Waals surface area contributed by atoms with Gasteiger partial charge in [0.15, 0.2) is 0 Å². The SMILES string of the molecule is CNCCCN(C)C1CCC(C(=O)C(C)C)CC1. The highest BCUT2D eigenvalue weighted by molar-refractivity contribution is 5.82. The Hall–Kier alpha value is -0.410. The van der Waals surface area contributed by atoms with Crippen LogP contribution in [0.15, 0.2) is 0 Å². The van der Waals surface area contributed by atoms with Crippen LogP contribution in [0.3, 0.4) is 0 Å². The summed E-state index contributed by atoms with van der Waals surface area (Å²) in [5, 5.41) is 3.19. The summed E-state index contributed by atoms with van der Waals surface area (Å²) in [6, 6.07) is 0.693. The predicted octanol–water partition coefficient (Wildman–Crippen LogP) is 2.31. The first-order valence-electron chi connectivity index (χ1n) is 7.44. The molecule has 1 rings (SSSR count). The van der Waals surface area contributed by atoms with Gasteiger partial charge in [0.25, 0.3) is 0 Å². The molecule has 0 radical (unpaired) electrons. The van der Waals surface area contributed by atoms with Gasteiger partial charge in [-0.25, -0.2) is 0 Å². The molecule has 0 aromatic carbocycles. The van der Waals surface area contributed by atoms with Gasteiger partial charge in [0, 0.05) is 17.9 Å². The Bertz CT molecular complexity index is 245. The van der Waals surface area contributed by atoms with Gasteiger partial charge in [-0.1, -0.05) is 13.8 Å². The molecule has 0 bridgehead atoms. The number of Topliss-reactive ketones (excluding diaryl/α,β-unsaturated/α-hetero) is 1. The smallest absolute Gasteiger partial charge is 0.138 e. The lowest BCUT2D eigenvalue weighted by Gasteiger charge is -2.34. The third-order valence-corrected chi connectivity index (χ3v) is 4.23. The van der Waals surface area contributed by atoms with Crippen molar-refractivity contribution in [3.63, 3.8) is 0 Å². The van der Waals surface area contributed by atoms with Crippen molar-refractivity contribution in [2.75, 3.05) is 27.2 Å². The van der Waals surface area contributed by atoms with Gasteiger partial charge in [-0.3, -0.25) is 4.79 Å². The Kier molecular flexibility index (Phi) is 6.87. The molecule has 0 heterocycles. The van der Waals surface area contributed by atoms with Crippen LogP contribution in [-0.2, 0) is 4.79 Å². The van der Waals surface area contributed by atoms with E-state index in [0.717, 1.165) is 25.9 Å². The third-order valence-electron chi connectivity index (χ3n) is 4.23. The summed E-state index contributed by atoms with van der Waals surface area (Å²) < 4.78 is 0. The maximum Gasteiger partial charge on any atom is 0.138 e. The van der Waals surface area contributed by atoms with E-state index in [-0.39, 0.29) is 5.92 Å². The second kappa shape index (κ2) is 7.90. The van der Waals surface area contributed by atoms with Crippen molar-refractivity contribution in [3.05, 3.63) is 0 Å². The number of hydrogen-bond donors (Lipinski definition) is 1. The molecule has 106 valence electrons. The van der Waals surface area contributed by atoms with E-state index in [2.05, 4.69) is 17.3 Å². The summed E-state index contributed by atoms with van der Waals surface area (Å²) in [7, 11) is 4.23. The molecule has 0 aromatic heterocycles. The second-order valence-electron chi connectivity index (χ2n) is 6.00. The number of nitrogens with one attached hydrogen (secondary N) is 1. The average molecular weight is 254 g/mol. The van der Waals surface area contributed by atoms with E-state index in [1.54, 1.807) is 0 Å². The highest BCUT2D eigenvalue weighted by Crippen LogP contribution is 2.29. The maximum atomic E-state index is 12.0. The van der Waals surface area contributed by atoms with Gasteiger partial charge in [0.2, 0.25) is 0 Å². The maximum absolute atomic E-state index is 12.0. The molecule has 1 N–H and O–H groups in total. The molecular weight excluding hydrogens is 224 g/mol. The van der Waals surface area contributed by atoms with E-state index in [0.29, 0.717) is 17.7 Å². The molecule has 18 heavy (non-hydrogen) atoms. The monoisotopic (exact) mass is 254 g/mol. The Balaban J connectivity index is 2.28. The predicted molar refractivity (Wildman–Crippen MR) is 76.8 cm³/mol. The fourth-order valence-electron chi connectivity index (χ4n) is 2.96. The van der Waals surface area contributed by atoms with Crippen LogP contribution < -0.4 is 5.32 Å². The van der Waals surface area contributed by atoms with Crippen molar-refractivity contribution in [1.29, 1.82) is 0 Å². The number of hydrogen-bond acceptors (Lipinski definition) is 3. The molecule has 1 saturated carbocycles. The fourth-order valence-corrected chi connectivity index (χ4v) is 2.96. The summed E-state index contributed by atoms with van der Waals surface area (Å²) in [6.45, 7) is 6.30. The number of carbonyl (C=O) groups is 1. The number of ketones is 1. The Labute approximate surface area is 112 Å². The van der Waals surface area contributed by atoms with Gasteiger partial charge in [0.1, 0.15) is 5.78 Å². The minimum atomic E-state index is 0.208. The topological polar surface area (TPSA) is 32.3 Å². The first-order valence-corrected chi connectivity index (χ1v) is 7.44. The van der Waals surface area contributed by atoms with Gasteiger partial charge in [-0.15, -0.1) is 0 Å². The standard InChI is InChI=1S/C15H30N2O/c1-12(2)15(18)13-6-8-14(9-7-13)17(4)11-5-10-16-3/h12-14,16H,5-11H2,1-4H3. The van der Waals surface area contributed by atoms with E-state index < -0.39 is 0 Å². The van der Waals surface area contributed by atoms with Gasteiger partial charge < -0.3 is 10.2 Å². The van der Waals surface area contributed by atoms with Crippen molar-refractivity contribution >= 4 is 5.78 Å². The lowest BCUT2D eigenvalue weighted by atomic mass is 9.80. The van der Waals surface area contributed by atoms with E-state index in [1.165, 1.54) is 19.3 Å². The van der Waals surface area contributed by atoms with Crippen molar-refractivity contribution < 1.29 is 4.79 Å². The van der Waals surface area contributed by atoms with Crippen LogP contribution in [0.1, 0.15) is 46.0 Å². The normalized spacial score (nSPS) is 24.8. The van der Waals surface area contributed by atoms with Crippen LogP contribution >= 0.6 is 0 Å². The number of nitrogens with zero attached hydrogens (tertiary/aromatic N) is 1. The van der Waals surface area contributed by atoms with Crippen LogP contribution in [0, 0.1) is 11.8 Å². The van der Waals surface area contributed by atoms with E-state index >= 15 is 0 Å². The van der Waals surface area contributed by atoms with E-state index in [1.807, 2.05) is 20.9 Å². The molecule has 0 unspecified atom stereocenters. The molecule has 0 aliphatic heterocycles. The van der Waals surface area contributed by atoms with Crippen molar-refractivity contribution in [1.82, 2.24) is 10.2 Å². The minimum Gasteiger partial charge on any atom is -0.320 e. The third kappa shape index (κ3) is 4.69. The molecule has 1 fully saturated rings. The Morgan fingerprint density at radius 3 is 2.39 bits per heavy atom. The lowest BCUT2D eigenvalue weighted by molar-refractivity contribution is -0.127. The molecule has 0 amide bonds. The Morgan fingerprint density at radius 2 is 1.89 bits per heavy atom. The van der Waals surface area contributed by atoms with Crippen molar-refractivity contribution in [2.24, 2.45) is 11.8 Å². The van der Waals surface area contributed by atoms with Crippen LogP contribution in [-0.4, -0.2) is 43.9 Å². The molecule has 0 spiro atoms. The average Bonchev–Trinajstić information content (AvgIpc) is 2.38. The molecule has 3 heteroatoms. The molecule has 3 nitrogen and oxygen atoms in total. The number of carbonyl (C=O) groups excluding carboxylic acids is 1. The highest BCUT2D eigenvalue weighted by Gasteiger charge is 2.28. The van der Waals surface area contributed by atoms with E-state index in [4.69, 9.17) is 0 Å². The zero-order chi connectivity index (χ0) is 13.5. The summed E-state index contributed by atoms with van der Waals surface area (Å²) in [6.07, 6.45) is 5.78. The summed E-state index contributed by atoms with van der Waals surface area (Å²) in [5.74, 6) is 1.03. The zero-order valence-electron chi connectivity index (χ0n) is 12.5. The molecule has 0 atom stereocenters. The first kappa shape index (κ1) is 15.6. The van der Waals surface area contributed by atoms with Gasteiger partial charge in [-0.2, -0.15) is 0 Å². The largest absolute Gasteiger partial charge is 0.320 e. The van der Waals surface area contributed by atoms with Gasteiger partial charge in [0.05, 0.1) is 0 Å². The molecule has 0 saturated heterocycles. The summed E-state index contributed by atoms with van der Waals surface area (Å²) in [5.41, 5.74) is 0. The quantitative estimate of drug-likeness (QED) is 0.708. The van der Waals surface area contributed by atoms with Crippen LogP contribution in [0.4, 0.5) is 0 Å². The fraction of sp³-hybridized carbons (Fsp3) is 0.933. The second-order valence-corrected chi connectivity index (χ2v) is 6.00.